The molecular formula is C25H29FN8O. The Balaban J connectivity index is 1.34. The summed E-state index contributed by atoms with van der Waals surface area (Å²) in [4.78, 5) is 16.9. The second-order valence-corrected chi connectivity index (χ2v) is 9.82. The first-order valence-electron chi connectivity index (χ1n) is 11.7. The molecule has 3 aromatic heterocycles. The fraction of sp³-hybridized carbons (Fsp3) is 0.360. The van der Waals surface area contributed by atoms with Crippen molar-refractivity contribution in [2.24, 2.45) is 0 Å². The van der Waals surface area contributed by atoms with E-state index in [0.717, 1.165) is 30.5 Å². The molecule has 0 saturated carbocycles. The molecule has 1 amide bonds. The Morgan fingerprint density at radius 2 is 2.14 bits per heavy atom. The van der Waals surface area contributed by atoms with Gasteiger partial charge in [0.25, 0.3) is 5.91 Å². The Hall–Kier alpha value is -3.79. The van der Waals surface area contributed by atoms with Gasteiger partial charge in [0.05, 0.1) is 22.7 Å². The van der Waals surface area contributed by atoms with Crippen molar-refractivity contribution in [3.63, 3.8) is 0 Å². The minimum absolute atomic E-state index is 0.0740. The molecule has 0 spiro atoms. The number of fused-ring (bicyclic) bond motifs is 1. The van der Waals surface area contributed by atoms with E-state index >= 15 is 4.39 Å². The van der Waals surface area contributed by atoms with Gasteiger partial charge in [-0.25, -0.2) is 9.37 Å². The Labute approximate surface area is 202 Å². The van der Waals surface area contributed by atoms with Gasteiger partial charge >= 0.3 is 0 Å². The third-order valence-electron chi connectivity index (χ3n) is 6.20. The van der Waals surface area contributed by atoms with Crippen molar-refractivity contribution in [1.29, 1.82) is 0 Å². The molecule has 182 valence electrons. The number of aromatic amines is 1. The van der Waals surface area contributed by atoms with Crippen LogP contribution in [0.4, 0.5) is 10.2 Å². The largest absolute Gasteiger partial charge is 0.364 e. The van der Waals surface area contributed by atoms with E-state index < -0.39 is 5.82 Å². The van der Waals surface area contributed by atoms with Crippen molar-refractivity contribution >= 4 is 22.8 Å². The van der Waals surface area contributed by atoms with Gasteiger partial charge < -0.3 is 16.0 Å². The predicted molar refractivity (Wildman–Crippen MR) is 133 cm³/mol. The summed E-state index contributed by atoms with van der Waals surface area (Å²) < 4.78 is 16.8. The lowest BCUT2D eigenvalue weighted by Crippen LogP contribution is -2.24. The monoisotopic (exact) mass is 476 g/mol. The molecule has 5 rings (SSSR count). The zero-order valence-corrected chi connectivity index (χ0v) is 20.0. The van der Waals surface area contributed by atoms with E-state index in [4.69, 9.17) is 0 Å². The summed E-state index contributed by atoms with van der Waals surface area (Å²) in [6, 6.07) is 7.18. The standard InChI is InChI=1S/C25H29FN8O/c1-25(2,3)34-14-17(12-30-34)24(35)29-11-16-5-4-15(10-20(16)26)19-7-9-28-22-21(19)23(33-32-22)31-18-6-8-27-13-18/h4-5,7,9-10,12,14,18,27H,6,8,11,13H2,1-3H3,(H,29,35)(H2,28,31,32,33)/t18-/m1/s1. The van der Waals surface area contributed by atoms with E-state index in [9.17, 15) is 4.79 Å². The number of carbonyl (C=O) groups excluding carboxylic acids is 1. The van der Waals surface area contributed by atoms with E-state index in [2.05, 4.69) is 36.2 Å². The number of nitrogens with zero attached hydrogens (tertiary/aromatic N) is 4. The highest BCUT2D eigenvalue weighted by molar-refractivity contribution is 6.00. The highest BCUT2D eigenvalue weighted by atomic mass is 19.1. The number of nitrogens with one attached hydrogen (secondary N) is 4. The van der Waals surface area contributed by atoms with Gasteiger partial charge in [-0.1, -0.05) is 12.1 Å². The number of amides is 1. The second-order valence-electron chi connectivity index (χ2n) is 9.82. The first kappa shape index (κ1) is 23.0. The van der Waals surface area contributed by atoms with Crippen LogP contribution in [0.15, 0.2) is 42.9 Å². The van der Waals surface area contributed by atoms with Gasteiger partial charge in [-0.2, -0.15) is 10.2 Å². The molecule has 4 N–H and O–H groups in total. The van der Waals surface area contributed by atoms with Crippen molar-refractivity contribution in [2.75, 3.05) is 18.4 Å². The van der Waals surface area contributed by atoms with Gasteiger partial charge in [0.1, 0.15) is 5.82 Å². The summed E-state index contributed by atoms with van der Waals surface area (Å²) in [6.45, 7) is 7.92. The zero-order chi connectivity index (χ0) is 24.6. The van der Waals surface area contributed by atoms with E-state index in [1.54, 1.807) is 23.1 Å². The van der Waals surface area contributed by atoms with Crippen molar-refractivity contribution in [3.05, 3.63) is 59.8 Å². The van der Waals surface area contributed by atoms with Crippen LogP contribution in [0.25, 0.3) is 22.2 Å². The first-order valence-corrected chi connectivity index (χ1v) is 11.7. The molecule has 0 aliphatic carbocycles. The number of pyridine rings is 1. The molecule has 35 heavy (non-hydrogen) atoms. The normalized spacial score (nSPS) is 16.1. The number of anilines is 1. The zero-order valence-electron chi connectivity index (χ0n) is 20.0. The minimum atomic E-state index is -0.392. The summed E-state index contributed by atoms with van der Waals surface area (Å²) in [6.07, 6.45) is 5.91. The molecule has 0 bridgehead atoms. The van der Waals surface area contributed by atoms with Crippen molar-refractivity contribution < 1.29 is 9.18 Å². The first-order chi connectivity index (χ1) is 16.8. The van der Waals surface area contributed by atoms with E-state index in [1.807, 2.05) is 32.9 Å². The van der Waals surface area contributed by atoms with Gasteiger partial charge in [0, 0.05) is 37.1 Å². The van der Waals surface area contributed by atoms with E-state index in [0.29, 0.717) is 28.2 Å². The van der Waals surface area contributed by atoms with Crippen LogP contribution >= 0.6 is 0 Å². The van der Waals surface area contributed by atoms with Crippen LogP contribution in [-0.2, 0) is 12.1 Å². The molecule has 1 atom stereocenters. The lowest BCUT2D eigenvalue weighted by molar-refractivity contribution is 0.0950. The Morgan fingerprint density at radius 3 is 2.86 bits per heavy atom. The molecule has 4 aromatic rings. The molecule has 1 fully saturated rings. The number of H-pyrrole nitrogens is 1. The summed E-state index contributed by atoms with van der Waals surface area (Å²) >= 11 is 0. The highest BCUT2D eigenvalue weighted by Gasteiger charge is 2.20. The molecule has 9 nitrogen and oxygen atoms in total. The molecule has 10 heteroatoms. The third kappa shape index (κ3) is 4.74. The lowest BCUT2D eigenvalue weighted by Gasteiger charge is -2.18. The number of halogens is 1. The van der Waals surface area contributed by atoms with E-state index in [-0.39, 0.29) is 24.0 Å². The van der Waals surface area contributed by atoms with Crippen molar-refractivity contribution in [1.82, 2.24) is 35.6 Å². The number of hydrogen-bond donors (Lipinski definition) is 4. The molecule has 4 heterocycles. The average Bonchev–Trinajstić information content (AvgIpc) is 3.59. The molecule has 0 unspecified atom stereocenters. The molecule has 1 saturated heterocycles. The molecular weight excluding hydrogens is 447 g/mol. The van der Waals surface area contributed by atoms with Gasteiger partial charge in [-0.05, 0) is 57.0 Å². The average molecular weight is 477 g/mol. The van der Waals surface area contributed by atoms with Gasteiger partial charge in [0.15, 0.2) is 11.5 Å². The molecule has 1 aliphatic heterocycles. The van der Waals surface area contributed by atoms with Gasteiger partial charge in [-0.3, -0.25) is 14.6 Å². The number of benzene rings is 1. The predicted octanol–water partition coefficient (Wildman–Crippen LogP) is 3.42. The summed E-state index contributed by atoms with van der Waals surface area (Å²) in [5, 5.41) is 22.0. The van der Waals surface area contributed by atoms with E-state index in [1.165, 1.54) is 12.3 Å². The van der Waals surface area contributed by atoms with Crippen LogP contribution in [0.2, 0.25) is 0 Å². The number of carbonyl (C=O) groups is 1. The maximum atomic E-state index is 15.1. The molecule has 0 radical (unpaired) electrons. The summed E-state index contributed by atoms with van der Waals surface area (Å²) in [5.41, 5.74) is 2.80. The van der Waals surface area contributed by atoms with Crippen molar-refractivity contribution in [2.45, 2.75) is 45.3 Å². The van der Waals surface area contributed by atoms with Crippen LogP contribution in [0.1, 0.15) is 43.1 Å². The minimum Gasteiger partial charge on any atom is -0.364 e. The number of aromatic nitrogens is 5. The summed E-state index contributed by atoms with van der Waals surface area (Å²) in [5.74, 6) is 0.0239. The van der Waals surface area contributed by atoms with Crippen LogP contribution in [0.5, 0.6) is 0 Å². The molecule has 1 aromatic carbocycles. The van der Waals surface area contributed by atoms with Crippen LogP contribution in [-0.4, -0.2) is 50.0 Å². The summed E-state index contributed by atoms with van der Waals surface area (Å²) in [7, 11) is 0. The lowest BCUT2D eigenvalue weighted by atomic mass is 10.0. The smallest absolute Gasteiger partial charge is 0.254 e. The topological polar surface area (TPSA) is 113 Å². The van der Waals surface area contributed by atoms with Crippen LogP contribution in [0, 0.1) is 5.82 Å². The van der Waals surface area contributed by atoms with Crippen LogP contribution in [0.3, 0.4) is 0 Å². The Bertz CT molecular complexity index is 1360. The third-order valence-corrected chi connectivity index (χ3v) is 6.20. The highest BCUT2D eigenvalue weighted by Crippen LogP contribution is 2.33. The Morgan fingerprint density at radius 1 is 1.29 bits per heavy atom. The quantitative estimate of drug-likeness (QED) is 0.339. The second kappa shape index (κ2) is 9.10. The SMILES string of the molecule is CC(C)(C)n1cc(C(=O)NCc2ccc(-c3ccnc4[nH]nc(N[C@@H]5CCNC5)c34)cc2F)cn1. The van der Waals surface area contributed by atoms with Crippen molar-refractivity contribution in [3.8, 4) is 11.1 Å². The molecule has 1 aliphatic rings. The fourth-order valence-corrected chi connectivity index (χ4v) is 4.21. The fourth-order valence-electron chi connectivity index (χ4n) is 4.21. The number of rotatable bonds is 6. The maximum Gasteiger partial charge on any atom is 0.254 e. The number of hydrogen-bond acceptors (Lipinski definition) is 6. The van der Waals surface area contributed by atoms with Crippen LogP contribution < -0.4 is 16.0 Å². The van der Waals surface area contributed by atoms with Gasteiger partial charge in [0.2, 0.25) is 0 Å². The maximum absolute atomic E-state index is 15.1. The van der Waals surface area contributed by atoms with Gasteiger partial charge in [-0.15, -0.1) is 0 Å². The Kier molecular flexibility index (Phi) is 5.98.